The van der Waals surface area contributed by atoms with Crippen LogP contribution in [0.15, 0.2) is 94.0 Å². The molecule has 4 rings (SSSR count). The fourth-order valence-corrected chi connectivity index (χ4v) is 4.55. The molecule has 3 N–H and O–H groups in total. The number of amides is 3. The van der Waals surface area contributed by atoms with Crippen LogP contribution in [0.3, 0.4) is 0 Å². The summed E-state index contributed by atoms with van der Waals surface area (Å²) < 4.78 is 19.4. The van der Waals surface area contributed by atoms with Crippen molar-refractivity contribution >= 4 is 58.7 Å². The van der Waals surface area contributed by atoms with Crippen molar-refractivity contribution in [1.29, 1.82) is 0 Å². The Hall–Kier alpha value is -4.41. The first kappa shape index (κ1) is 28.6. The zero-order chi connectivity index (χ0) is 28.6. The van der Waals surface area contributed by atoms with E-state index in [-0.39, 0.29) is 22.2 Å². The number of halogens is 2. The van der Waals surface area contributed by atoms with Gasteiger partial charge in [0.1, 0.15) is 17.3 Å². The number of nitrogens with zero attached hydrogens (tertiary/aromatic N) is 1. The van der Waals surface area contributed by atoms with Crippen molar-refractivity contribution in [2.75, 3.05) is 10.6 Å². The van der Waals surface area contributed by atoms with Gasteiger partial charge in [-0.15, -0.1) is 11.8 Å². The molecule has 0 aliphatic carbocycles. The Kier molecular flexibility index (Phi) is 9.36. The molecule has 0 spiro atoms. The highest BCUT2D eigenvalue weighted by Crippen LogP contribution is 2.26. The monoisotopic (exact) mass is 578 g/mol. The highest BCUT2D eigenvalue weighted by molar-refractivity contribution is 8.00. The number of aryl methyl sites for hydroxylation is 1. The number of benzene rings is 3. The van der Waals surface area contributed by atoms with E-state index in [0.717, 1.165) is 4.90 Å². The number of hydrogen-bond donors (Lipinski definition) is 3. The van der Waals surface area contributed by atoms with Gasteiger partial charge in [-0.1, -0.05) is 41.0 Å². The minimum atomic E-state index is -0.681. The highest BCUT2D eigenvalue weighted by Gasteiger charge is 2.18. The number of nitrogens with one attached hydrogen (secondary N) is 3. The molecule has 0 aliphatic rings. The summed E-state index contributed by atoms with van der Waals surface area (Å²) in [7, 11) is 0. The second kappa shape index (κ2) is 13.1. The molecule has 1 heterocycles. The van der Waals surface area contributed by atoms with Gasteiger partial charge in [0.05, 0.1) is 10.3 Å². The maximum absolute atomic E-state index is 14.5. The lowest BCUT2D eigenvalue weighted by molar-refractivity contribution is -0.115. The number of aromatic nitrogens is 1. The number of thioether (sulfide) groups is 1. The topological polar surface area (TPSA) is 113 Å². The summed E-state index contributed by atoms with van der Waals surface area (Å²) in [6, 6.07) is 20.8. The maximum atomic E-state index is 14.5. The van der Waals surface area contributed by atoms with Gasteiger partial charge in [0, 0.05) is 27.8 Å². The summed E-state index contributed by atoms with van der Waals surface area (Å²) >= 11 is 7.47. The smallest absolute Gasteiger partial charge is 0.272 e. The van der Waals surface area contributed by atoms with Crippen LogP contribution in [0, 0.1) is 12.7 Å². The van der Waals surface area contributed by atoms with E-state index in [0.29, 0.717) is 22.8 Å². The van der Waals surface area contributed by atoms with E-state index in [2.05, 4.69) is 21.1 Å². The quantitative estimate of drug-likeness (QED) is 0.159. The number of carbonyl (C=O) groups excluding carboxylic acids is 3. The summed E-state index contributed by atoms with van der Waals surface area (Å²) in [6.07, 6.45) is 1.19. The lowest BCUT2D eigenvalue weighted by Crippen LogP contribution is -2.30. The van der Waals surface area contributed by atoms with Crippen molar-refractivity contribution < 1.29 is 23.3 Å². The van der Waals surface area contributed by atoms with E-state index in [9.17, 15) is 18.8 Å². The number of anilines is 2. The second-order valence-electron chi connectivity index (χ2n) is 8.56. The number of rotatable bonds is 9. The normalized spacial score (nSPS) is 11.9. The van der Waals surface area contributed by atoms with Gasteiger partial charge >= 0.3 is 0 Å². The van der Waals surface area contributed by atoms with Crippen molar-refractivity contribution in [1.82, 2.24) is 10.5 Å². The molecule has 0 bridgehead atoms. The summed E-state index contributed by atoms with van der Waals surface area (Å²) in [6.45, 7) is 3.48. The zero-order valence-electron chi connectivity index (χ0n) is 21.4. The fourth-order valence-electron chi connectivity index (χ4n) is 3.46. The molecular formula is C29H24ClFN4O4S. The van der Waals surface area contributed by atoms with Crippen LogP contribution in [-0.2, 0) is 9.59 Å². The van der Waals surface area contributed by atoms with Gasteiger partial charge in [-0.3, -0.25) is 14.4 Å². The van der Waals surface area contributed by atoms with Gasteiger partial charge in [-0.25, -0.2) is 4.39 Å². The van der Waals surface area contributed by atoms with Crippen LogP contribution >= 0.6 is 23.4 Å². The predicted molar refractivity (Wildman–Crippen MR) is 154 cm³/mol. The molecule has 4 aromatic rings. The molecule has 3 amide bonds. The maximum Gasteiger partial charge on any atom is 0.272 e. The molecule has 0 radical (unpaired) electrons. The number of carbonyl (C=O) groups is 3. The van der Waals surface area contributed by atoms with E-state index in [4.69, 9.17) is 16.1 Å². The van der Waals surface area contributed by atoms with E-state index < -0.39 is 22.9 Å². The summed E-state index contributed by atoms with van der Waals surface area (Å²) in [5.41, 5.74) is 0.498. The third-order valence-electron chi connectivity index (χ3n) is 5.49. The molecular weight excluding hydrogens is 555 g/mol. The third-order valence-corrected chi connectivity index (χ3v) is 6.93. The van der Waals surface area contributed by atoms with E-state index in [1.165, 1.54) is 36.0 Å². The lowest BCUT2D eigenvalue weighted by atomic mass is 10.1. The lowest BCUT2D eigenvalue weighted by Gasteiger charge is -2.13. The Morgan fingerprint density at radius 2 is 1.73 bits per heavy atom. The SMILES string of the molecule is Cc1cc(NC(=O)C(C)Sc2ccc(NC(=O)/C(=C/c3c(F)cccc3Cl)NC(=O)c3ccccc3)cc2)no1. The minimum Gasteiger partial charge on any atom is -0.360 e. The molecule has 0 saturated heterocycles. The molecule has 0 fully saturated rings. The molecule has 1 atom stereocenters. The average Bonchev–Trinajstić information content (AvgIpc) is 3.35. The Morgan fingerprint density at radius 3 is 2.38 bits per heavy atom. The van der Waals surface area contributed by atoms with Gasteiger partial charge in [-0.05, 0) is 68.5 Å². The Balaban J connectivity index is 1.47. The molecule has 204 valence electrons. The van der Waals surface area contributed by atoms with Crippen LogP contribution in [0.2, 0.25) is 5.02 Å². The van der Waals surface area contributed by atoms with Crippen LogP contribution in [0.25, 0.3) is 6.08 Å². The van der Waals surface area contributed by atoms with Crippen molar-refractivity contribution in [2.45, 2.75) is 24.0 Å². The van der Waals surface area contributed by atoms with Gasteiger partial charge in [0.2, 0.25) is 5.91 Å². The largest absolute Gasteiger partial charge is 0.360 e. The third kappa shape index (κ3) is 7.58. The first-order chi connectivity index (χ1) is 19.2. The Bertz CT molecular complexity index is 1540. The second-order valence-corrected chi connectivity index (χ2v) is 10.4. The van der Waals surface area contributed by atoms with Crippen LogP contribution in [0.4, 0.5) is 15.9 Å². The summed E-state index contributed by atoms with van der Waals surface area (Å²) in [4.78, 5) is 39.2. The summed E-state index contributed by atoms with van der Waals surface area (Å²) in [5, 5.41) is 11.3. The molecule has 1 unspecified atom stereocenters. The Morgan fingerprint density at radius 1 is 1.00 bits per heavy atom. The highest BCUT2D eigenvalue weighted by atomic mass is 35.5. The van der Waals surface area contributed by atoms with E-state index in [1.807, 2.05) is 0 Å². The van der Waals surface area contributed by atoms with Crippen molar-refractivity contribution in [3.8, 4) is 0 Å². The van der Waals surface area contributed by atoms with Crippen LogP contribution in [-0.4, -0.2) is 28.1 Å². The van der Waals surface area contributed by atoms with Crippen molar-refractivity contribution in [3.63, 3.8) is 0 Å². The first-order valence-corrected chi connectivity index (χ1v) is 13.3. The zero-order valence-corrected chi connectivity index (χ0v) is 23.0. The predicted octanol–water partition coefficient (Wildman–Crippen LogP) is 6.30. The molecule has 1 aromatic heterocycles. The molecule has 8 nitrogen and oxygen atoms in total. The average molecular weight is 579 g/mol. The van der Waals surface area contributed by atoms with Crippen LogP contribution in [0.1, 0.15) is 28.6 Å². The van der Waals surface area contributed by atoms with Crippen LogP contribution in [0.5, 0.6) is 0 Å². The van der Waals surface area contributed by atoms with Crippen molar-refractivity contribution in [2.24, 2.45) is 0 Å². The summed E-state index contributed by atoms with van der Waals surface area (Å²) in [5.74, 6) is -1.19. The fraction of sp³-hybridized carbons (Fsp3) is 0.103. The first-order valence-electron chi connectivity index (χ1n) is 12.0. The van der Waals surface area contributed by atoms with E-state index >= 15 is 0 Å². The van der Waals surface area contributed by atoms with E-state index in [1.54, 1.807) is 74.5 Å². The van der Waals surface area contributed by atoms with Gasteiger partial charge in [0.15, 0.2) is 5.82 Å². The molecule has 0 aliphatic heterocycles. The Labute approximate surface area is 239 Å². The van der Waals surface area contributed by atoms with Gasteiger partial charge in [-0.2, -0.15) is 0 Å². The van der Waals surface area contributed by atoms with Gasteiger partial charge < -0.3 is 20.5 Å². The van der Waals surface area contributed by atoms with Crippen molar-refractivity contribution in [3.05, 3.63) is 112 Å². The molecule has 40 heavy (non-hydrogen) atoms. The molecule has 3 aromatic carbocycles. The number of hydrogen-bond acceptors (Lipinski definition) is 6. The minimum absolute atomic E-state index is 0.0394. The standard InChI is InChI=1S/C29H24ClFN4O4S/c1-17-15-26(35-39-17)34-27(36)18(2)40-21-13-11-20(12-14-21)32-29(38)25(16-22-23(30)9-6-10-24(22)31)33-28(37)19-7-4-3-5-8-19/h3-16,18H,1-2H3,(H,32,38)(H,33,37)(H,34,35,36)/b25-16-. The molecule has 11 heteroatoms. The van der Waals surface area contributed by atoms with Crippen LogP contribution < -0.4 is 16.0 Å². The van der Waals surface area contributed by atoms with Gasteiger partial charge in [0.25, 0.3) is 11.8 Å². The molecule has 0 saturated carbocycles.